The molecule has 1 aliphatic heterocycles. The SMILES string of the molecule is CN(C)c1nc(N)c([N+](=O)[O-])c(N2CCC(Cc3ccccc3)CC2)n1. The van der Waals surface area contributed by atoms with Crippen LogP contribution in [0.5, 0.6) is 0 Å². The number of nitrogens with zero attached hydrogens (tertiary/aromatic N) is 5. The van der Waals surface area contributed by atoms with Crippen LogP contribution in [-0.4, -0.2) is 42.1 Å². The van der Waals surface area contributed by atoms with Crippen molar-refractivity contribution in [3.63, 3.8) is 0 Å². The van der Waals surface area contributed by atoms with Gasteiger partial charge in [0.15, 0.2) is 0 Å². The number of hydrogen-bond donors (Lipinski definition) is 1. The lowest BCUT2D eigenvalue weighted by Gasteiger charge is -2.33. The first-order valence-electron chi connectivity index (χ1n) is 8.73. The summed E-state index contributed by atoms with van der Waals surface area (Å²) >= 11 is 0. The van der Waals surface area contributed by atoms with Gasteiger partial charge in [-0.15, -0.1) is 0 Å². The standard InChI is InChI=1S/C18H24N6O2/c1-22(2)18-20-16(19)15(24(25)26)17(21-18)23-10-8-14(9-11-23)12-13-6-4-3-5-7-13/h3-7,14H,8-12H2,1-2H3,(H2,19,20,21). The lowest BCUT2D eigenvalue weighted by Crippen LogP contribution is -2.36. The van der Waals surface area contributed by atoms with Crippen LogP contribution in [0, 0.1) is 16.0 Å². The van der Waals surface area contributed by atoms with Crippen molar-refractivity contribution < 1.29 is 4.92 Å². The van der Waals surface area contributed by atoms with E-state index in [0.29, 0.717) is 17.7 Å². The molecule has 0 unspecified atom stereocenters. The molecule has 1 fully saturated rings. The summed E-state index contributed by atoms with van der Waals surface area (Å²) in [5.74, 6) is 1.19. The Bertz CT molecular complexity index is 773. The highest BCUT2D eigenvalue weighted by Gasteiger charge is 2.30. The van der Waals surface area contributed by atoms with Gasteiger partial charge in [-0.1, -0.05) is 30.3 Å². The van der Waals surface area contributed by atoms with Crippen molar-refractivity contribution >= 4 is 23.3 Å². The summed E-state index contributed by atoms with van der Waals surface area (Å²) in [6.07, 6.45) is 2.96. The third-order valence-electron chi connectivity index (χ3n) is 4.74. The van der Waals surface area contributed by atoms with Crippen molar-refractivity contribution in [3.05, 3.63) is 46.0 Å². The minimum Gasteiger partial charge on any atom is -0.378 e. The normalized spacial score (nSPS) is 15.1. The zero-order chi connectivity index (χ0) is 18.7. The van der Waals surface area contributed by atoms with Crippen molar-refractivity contribution in [2.75, 3.05) is 42.7 Å². The van der Waals surface area contributed by atoms with E-state index in [1.165, 1.54) is 5.56 Å². The molecule has 0 radical (unpaired) electrons. The molecule has 1 aliphatic rings. The highest BCUT2D eigenvalue weighted by molar-refractivity contribution is 5.71. The van der Waals surface area contributed by atoms with Gasteiger partial charge < -0.3 is 15.5 Å². The maximum Gasteiger partial charge on any atom is 0.353 e. The van der Waals surface area contributed by atoms with Gasteiger partial charge in [-0.05, 0) is 30.7 Å². The van der Waals surface area contributed by atoms with Gasteiger partial charge in [0, 0.05) is 27.2 Å². The molecule has 26 heavy (non-hydrogen) atoms. The Morgan fingerprint density at radius 1 is 1.23 bits per heavy atom. The second-order valence-electron chi connectivity index (χ2n) is 6.85. The fraction of sp³-hybridized carbons (Fsp3) is 0.444. The van der Waals surface area contributed by atoms with E-state index in [1.807, 2.05) is 11.0 Å². The van der Waals surface area contributed by atoms with Gasteiger partial charge in [-0.2, -0.15) is 9.97 Å². The Morgan fingerprint density at radius 3 is 2.46 bits per heavy atom. The van der Waals surface area contributed by atoms with Gasteiger partial charge >= 0.3 is 5.69 Å². The maximum atomic E-state index is 11.5. The Labute approximate surface area is 152 Å². The minimum absolute atomic E-state index is 0.0879. The molecule has 2 aromatic rings. The largest absolute Gasteiger partial charge is 0.378 e. The fourth-order valence-electron chi connectivity index (χ4n) is 3.34. The zero-order valence-corrected chi connectivity index (χ0v) is 15.1. The maximum absolute atomic E-state index is 11.5. The molecule has 0 saturated carbocycles. The van der Waals surface area contributed by atoms with Crippen LogP contribution in [-0.2, 0) is 6.42 Å². The number of nitro groups is 1. The number of benzene rings is 1. The number of rotatable bonds is 5. The average Bonchev–Trinajstić information content (AvgIpc) is 2.62. The first-order valence-corrected chi connectivity index (χ1v) is 8.73. The summed E-state index contributed by atoms with van der Waals surface area (Å²) in [6, 6.07) is 10.4. The van der Waals surface area contributed by atoms with Crippen LogP contribution in [0.1, 0.15) is 18.4 Å². The molecule has 0 aliphatic carbocycles. The summed E-state index contributed by atoms with van der Waals surface area (Å²) in [6.45, 7) is 1.45. The number of piperidine rings is 1. The van der Waals surface area contributed by atoms with E-state index < -0.39 is 4.92 Å². The molecule has 1 aromatic heterocycles. The third-order valence-corrected chi connectivity index (χ3v) is 4.74. The molecule has 0 amide bonds. The molecule has 2 N–H and O–H groups in total. The Hall–Kier alpha value is -2.90. The molecule has 8 nitrogen and oxygen atoms in total. The van der Waals surface area contributed by atoms with E-state index in [0.717, 1.165) is 32.4 Å². The number of nitrogens with two attached hydrogens (primary N) is 1. The van der Waals surface area contributed by atoms with Crippen LogP contribution in [0.15, 0.2) is 30.3 Å². The molecule has 138 valence electrons. The topological polar surface area (TPSA) is 101 Å². The smallest absolute Gasteiger partial charge is 0.353 e. The molecular weight excluding hydrogens is 332 g/mol. The highest BCUT2D eigenvalue weighted by Crippen LogP contribution is 2.35. The summed E-state index contributed by atoms with van der Waals surface area (Å²) in [7, 11) is 3.58. The van der Waals surface area contributed by atoms with E-state index in [9.17, 15) is 10.1 Å². The fourth-order valence-corrected chi connectivity index (χ4v) is 3.34. The van der Waals surface area contributed by atoms with E-state index >= 15 is 0 Å². The third kappa shape index (κ3) is 3.84. The van der Waals surface area contributed by atoms with Crippen LogP contribution in [0.4, 0.5) is 23.3 Å². The van der Waals surface area contributed by atoms with Crippen molar-refractivity contribution in [1.82, 2.24) is 9.97 Å². The summed E-state index contributed by atoms with van der Waals surface area (Å²) < 4.78 is 0. The van der Waals surface area contributed by atoms with Gasteiger partial charge in [0.2, 0.25) is 17.6 Å². The van der Waals surface area contributed by atoms with Crippen molar-refractivity contribution in [2.45, 2.75) is 19.3 Å². The lowest BCUT2D eigenvalue weighted by atomic mass is 9.90. The molecule has 3 rings (SSSR count). The first-order chi connectivity index (χ1) is 12.5. The summed E-state index contributed by atoms with van der Waals surface area (Å²) in [4.78, 5) is 23.1. The Morgan fingerprint density at radius 2 is 1.88 bits per heavy atom. The van der Waals surface area contributed by atoms with E-state index in [1.54, 1.807) is 19.0 Å². The van der Waals surface area contributed by atoms with Gasteiger partial charge in [-0.3, -0.25) is 10.1 Å². The Balaban J connectivity index is 1.77. The summed E-state index contributed by atoms with van der Waals surface area (Å²) in [5, 5.41) is 11.5. The van der Waals surface area contributed by atoms with E-state index in [2.05, 4.69) is 34.2 Å². The van der Waals surface area contributed by atoms with Crippen molar-refractivity contribution in [3.8, 4) is 0 Å². The monoisotopic (exact) mass is 356 g/mol. The molecule has 2 heterocycles. The van der Waals surface area contributed by atoms with Gasteiger partial charge in [0.05, 0.1) is 4.92 Å². The van der Waals surface area contributed by atoms with Crippen LogP contribution < -0.4 is 15.5 Å². The first kappa shape index (κ1) is 17.9. The second-order valence-corrected chi connectivity index (χ2v) is 6.85. The van der Waals surface area contributed by atoms with Crippen LogP contribution >= 0.6 is 0 Å². The number of anilines is 3. The molecular formula is C18H24N6O2. The molecule has 1 aromatic carbocycles. The second kappa shape index (κ2) is 7.55. The molecule has 1 saturated heterocycles. The van der Waals surface area contributed by atoms with Crippen LogP contribution in [0.25, 0.3) is 0 Å². The van der Waals surface area contributed by atoms with Gasteiger partial charge in [-0.25, -0.2) is 0 Å². The molecule has 0 spiro atoms. The van der Waals surface area contributed by atoms with Crippen molar-refractivity contribution in [2.24, 2.45) is 5.92 Å². The predicted octanol–water partition coefficient (Wildman–Crippen LogP) is 2.49. The molecule has 0 bridgehead atoms. The van der Waals surface area contributed by atoms with Gasteiger partial charge in [0.25, 0.3) is 0 Å². The van der Waals surface area contributed by atoms with Crippen LogP contribution in [0.2, 0.25) is 0 Å². The lowest BCUT2D eigenvalue weighted by molar-refractivity contribution is -0.383. The van der Waals surface area contributed by atoms with Crippen molar-refractivity contribution in [1.29, 1.82) is 0 Å². The number of hydrogen-bond acceptors (Lipinski definition) is 7. The summed E-state index contributed by atoms with van der Waals surface area (Å²) in [5.41, 5.74) is 6.99. The van der Waals surface area contributed by atoms with Crippen LogP contribution in [0.3, 0.4) is 0 Å². The zero-order valence-electron chi connectivity index (χ0n) is 15.1. The molecule has 0 atom stereocenters. The average molecular weight is 356 g/mol. The molecule has 8 heteroatoms. The van der Waals surface area contributed by atoms with E-state index in [-0.39, 0.29) is 11.5 Å². The number of nitrogen functional groups attached to an aromatic ring is 1. The predicted molar refractivity (Wildman–Crippen MR) is 103 cm³/mol. The van der Waals surface area contributed by atoms with E-state index in [4.69, 9.17) is 5.73 Å². The minimum atomic E-state index is -0.486. The van der Waals surface area contributed by atoms with Gasteiger partial charge in [0.1, 0.15) is 0 Å². The quantitative estimate of drug-likeness (QED) is 0.648. The Kier molecular flexibility index (Phi) is 5.20. The number of aromatic nitrogens is 2. The highest BCUT2D eigenvalue weighted by atomic mass is 16.6.